The molecule has 1 aromatic rings. The van der Waals surface area contributed by atoms with Crippen LogP contribution in [0.3, 0.4) is 0 Å². The van der Waals surface area contributed by atoms with Gasteiger partial charge in [0.25, 0.3) is 0 Å². The van der Waals surface area contributed by atoms with Crippen molar-refractivity contribution in [3.05, 3.63) is 29.8 Å². The zero-order valence-electron chi connectivity index (χ0n) is 15.7. The molecular weight excluding hydrogens is 302 g/mol. The van der Waals surface area contributed by atoms with Crippen LogP contribution < -0.4 is 20.9 Å². The lowest BCUT2D eigenvalue weighted by Crippen LogP contribution is -2.48. The first-order valence-corrected chi connectivity index (χ1v) is 8.30. The van der Waals surface area contributed by atoms with Crippen molar-refractivity contribution in [1.82, 2.24) is 16.0 Å². The summed E-state index contributed by atoms with van der Waals surface area (Å²) in [4.78, 5) is 18.5. The monoisotopic (exact) mass is 333 g/mol. The van der Waals surface area contributed by atoms with Crippen molar-refractivity contribution in [3.8, 4) is 0 Å². The minimum Gasteiger partial charge on any atom is -0.378 e. The van der Waals surface area contributed by atoms with Gasteiger partial charge in [0.1, 0.15) is 0 Å². The molecule has 0 saturated carbocycles. The zero-order valence-corrected chi connectivity index (χ0v) is 15.7. The van der Waals surface area contributed by atoms with Crippen LogP contribution >= 0.6 is 0 Å². The molecule has 0 bridgehead atoms. The Kier molecular flexibility index (Phi) is 7.55. The predicted octanol–water partition coefficient (Wildman–Crippen LogP) is 1.72. The number of nitrogens with zero attached hydrogens (tertiary/aromatic N) is 2. The summed E-state index contributed by atoms with van der Waals surface area (Å²) in [6.07, 6.45) is 0. The lowest BCUT2D eigenvalue weighted by molar-refractivity contribution is -0.121. The third-order valence-corrected chi connectivity index (χ3v) is 3.15. The van der Waals surface area contributed by atoms with Gasteiger partial charge in [0.15, 0.2) is 5.96 Å². The molecule has 0 aromatic heterocycles. The summed E-state index contributed by atoms with van der Waals surface area (Å²) in [6.45, 7) is 9.38. The quantitative estimate of drug-likeness (QED) is 0.548. The van der Waals surface area contributed by atoms with Crippen LogP contribution in [0.2, 0.25) is 0 Å². The lowest BCUT2D eigenvalue weighted by Gasteiger charge is -2.21. The molecule has 0 heterocycles. The lowest BCUT2D eigenvalue weighted by atomic mass is 10.1. The van der Waals surface area contributed by atoms with Crippen LogP contribution in [0.1, 0.15) is 33.3 Å². The molecule has 0 spiro atoms. The summed E-state index contributed by atoms with van der Waals surface area (Å²) in [5, 5.41) is 9.13. The molecule has 1 amide bonds. The Morgan fingerprint density at radius 2 is 1.75 bits per heavy atom. The Hall–Kier alpha value is -2.24. The Morgan fingerprint density at radius 3 is 2.25 bits per heavy atom. The van der Waals surface area contributed by atoms with E-state index in [2.05, 4.69) is 50.1 Å². The van der Waals surface area contributed by atoms with Gasteiger partial charge < -0.3 is 20.9 Å². The Balaban J connectivity index is 2.60. The highest BCUT2D eigenvalue weighted by atomic mass is 16.2. The van der Waals surface area contributed by atoms with Gasteiger partial charge in [0.05, 0.1) is 13.1 Å². The predicted molar refractivity (Wildman–Crippen MR) is 101 cm³/mol. The standard InChI is InChI=1S/C18H31N5O/c1-7-19-17(21-13-16(24)22-18(2,3)4)20-12-14-8-10-15(11-9-14)23(5)6/h8-11H,7,12-13H2,1-6H3,(H,22,24)(H2,19,20,21). The molecule has 0 atom stereocenters. The van der Waals surface area contributed by atoms with E-state index < -0.39 is 0 Å². The molecule has 1 rings (SSSR count). The molecule has 0 aliphatic rings. The van der Waals surface area contributed by atoms with Crippen LogP contribution in [0.15, 0.2) is 29.3 Å². The van der Waals surface area contributed by atoms with Crippen molar-refractivity contribution in [2.24, 2.45) is 4.99 Å². The fraction of sp³-hybridized carbons (Fsp3) is 0.556. The van der Waals surface area contributed by atoms with Crippen molar-refractivity contribution in [3.63, 3.8) is 0 Å². The normalized spacial score (nSPS) is 11.8. The largest absolute Gasteiger partial charge is 0.378 e. The van der Waals surface area contributed by atoms with E-state index in [4.69, 9.17) is 0 Å². The average Bonchev–Trinajstić information content (AvgIpc) is 2.48. The second-order valence-corrected chi connectivity index (χ2v) is 6.91. The number of anilines is 1. The van der Waals surface area contributed by atoms with E-state index in [9.17, 15) is 4.79 Å². The number of guanidine groups is 1. The molecule has 0 saturated heterocycles. The van der Waals surface area contributed by atoms with Crippen LogP contribution in [0.4, 0.5) is 5.69 Å². The minimum atomic E-state index is -0.234. The van der Waals surface area contributed by atoms with Crippen molar-refractivity contribution in [2.75, 3.05) is 32.1 Å². The molecule has 6 nitrogen and oxygen atoms in total. The van der Waals surface area contributed by atoms with E-state index in [1.54, 1.807) is 0 Å². The Bertz CT molecular complexity index is 544. The number of hydrogen-bond acceptors (Lipinski definition) is 3. The molecule has 0 fully saturated rings. The summed E-state index contributed by atoms with van der Waals surface area (Å²) in [5.74, 6) is 0.585. The number of benzene rings is 1. The van der Waals surface area contributed by atoms with E-state index in [-0.39, 0.29) is 18.0 Å². The van der Waals surface area contributed by atoms with E-state index >= 15 is 0 Å². The Morgan fingerprint density at radius 1 is 1.12 bits per heavy atom. The number of amides is 1. The van der Waals surface area contributed by atoms with Crippen LogP contribution in [0, 0.1) is 0 Å². The number of nitrogens with one attached hydrogen (secondary N) is 3. The number of rotatable bonds is 6. The number of hydrogen-bond donors (Lipinski definition) is 3. The molecule has 0 aliphatic heterocycles. The van der Waals surface area contributed by atoms with Crippen molar-refractivity contribution < 1.29 is 4.79 Å². The van der Waals surface area contributed by atoms with E-state index in [1.165, 1.54) is 0 Å². The molecule has 0 unspecified atom stereocenters. The third-order valence-electron chi connectivity index (χ3n) is 3.15. The average molecular weight is 333 g/mol. The molecule has 24 heavy (non-hydrogen) atoms. The molecule has 0 aliphatic carbocycles. The number of aliphatic imine (C=N–C) groups is 1. The number of carbonyl (C=O) groups excluding carboxylic acids is 1. The van der Waals surface area contributed by atoms with Crippen LogP contribution in [0.25, 0.3) is 0 Å². The maximum Gasteiger partial charge on any atom is 0.239 e. The summed E-state index contributed by atoms with van der Waals surface area (Å²) in [5.41, 5.74) is 2.05. The molecule has 3 N–H and O–H groups in total. The Labute approximate surface area is 145 Å². The van der Waals surface area contributed by atoms with E-state index in [0.717, 1.165) is 17.8 Å². The highest BCUT2D eigenvalue weighted by molar-refractivity contribution is 5.86. The van der Waals surface area contributed by atoms with E-state index in [1.807, 2.05) is 41.8 Å². The summed E-state index contributed by atoms with van der Waals surface area (Å²) in [6, 6.07) is 8.27. The molecule has 0 radical (unpaired) electrons. The van der Waals surface area contributed by atoms with E-state index in [0.29, 0.717) is 12.5 Å². The smallest absolute Gasteiger partial charge is 0.239 e. The van der Waals surface area contributed by atoms with Crippen LogP contribution in [0.5, 0.6) is 0 Å². The SMILES string of the molecule is CCNC(=NCc1ccc(N(C)C)cc1)NCC(=O)NC(C)(C)C. The van der Waals surface area contributed by atoms with Crippen molar-refractivity contribution >= 4 is 17.6 Å². The first-order valence-electron chi connectivity index (χ1n) is 8.30. The van der Waals surface area contributed by atoms with Gasteiger partial charge >= 0.3 is 0 Å². The molecule has 134 valence electrons. The maximum absolute atomic E-state index is 11.9. The van der Waals surface area contributed by atoms with Gasteiger partial charge in [-0.15, -0.1) is 0 Å². The first-order chi connectivity index (χ1) is 11.2. The van der Waals surface area contributed by atoms with Gasteiger partial charge in [0.2, 0.25) is 5.91 Å². The summed E-state index contributed by atoms with van der Waals surface area (Å²) < 4.78 is 0. The fourth-order valence-corrected chi connectivity index (χ4v) is 2.04. The van der Waals surface area contributed by atoms with Gasteiger partial charge in [-0.2, -0.15) is 0 Å². The first kappa shape index (κ1) is 19.8. The van der Waals surface area contributed by atoms with Crippen molar-refractivity contribution in [1.29, 1.82) is 0 Å². The zero-order chi connectivity index (χ0) is 18.2. The second kappa shape index (κ2) is 9.15. The molecule has 1 aromatic carbocycles. The molecule has 6 heteroatoms. The van der Waals surface area contributed by atoms with Gasteiger partial charge in [0, 0.05) is 31.9 Å². The summed E-state index contributed by atoms with van der Waals surface area (Å²) >= 11 is 0. The molecular formula is C18H31N5O. The van der Waals surface area contributed by atoms with Gasteiger partial charge in [-0.1, -0.05) is 12.1 Å². The van der Waals surface area contributed by atoms with Gasteiger partial charge in [-0.25, -0.2) is 4.99 Å². The topological polar surface area (TPSA) is 68.8 Å². The van der Waals surface area contributed by atoms with Crippen LogP contribution in [-0.4, -0.2) is 44.6 Å². The summed E-state index contributed by atoms with van der Waals surface area (Å²) in [7, 11) is 4.03. The highest BCUT2D eigenvalue weighted by Gasteiger charge is 2.13. The minimum absolute atomic E-state index is 0.0524. The third kappa shape index (κ3) is 7.85. The highest BCUT2D eigenvalue weighted by Crippen LogP contribution is 2.12. The number of carbonyl (C=O) groups is 1. The maximum atomic E-state index is 11.9. The second-order valence-electron chi connectivity index (χ2n) is 6.91. The van der Waals surface area contributed by atoms with Gasteiger partial charge in [-0.3, -0.25) is 4.79 Å². The van der Waals surface area contributed by atoms with Gasteiger partial charge in [-0.05, 0) is 45.4 Å². The van der Waals surface area contributed by atoms with Crippen LogP contribution in [-0.2, 0) is 11.3 Å². The fourth-order valence-electron chi connectivity index (χ4n) is 2.04. The van der Waals surface area contributed by atoms with Crippen molar-refractivity contribution in [2.45, 2.75) is 39.8 Å².